The summed E-state index contributed by atoms with van der Waals surface area (Å²) in [6.45, 7) is 2.56. The van der Waals surface area contributed by atoms with E-state index in [2.05, 4.69) is 0 Å². The van der Waals surface area contributed by atoms with Crippen LogP contribution in [0.2, 0.25) is 0 Å². The first-order chi connectivity index (χ1) is 6.00. The summed E-state index contributed by atoms with van der Waals surface area (Å²) in [4.78, 5) is 45.8. The van der Waals surface area contributed by atoms with Crippen LogP contribution in [0.5, 0.6) is 0 Å². The summed E-state index contributed by atoms with van der Waals surface area (Å²) in [5, 5.41) is 0. The highest BCUT2D eigenvalue weighted by atomic mass is 31.2. The Morgan fingerprint density at radius 3 is 0.562 bits per heavy atom. The van der Waals surface area contributed by atoms with Crippen LogP contribution >= 0.6 is 22.8 Å². The summed E-state index contributed by atoms with van der Waals surface area (Å²) in [7, 11) is -10.9. The van der Waals surface area contributed by atoms with Gasteiger partial charge in [0.15, 0.2) is 0 Å². The molecule has 0 rings (SSSR count). The average Bonchev–Trinajstić information content (AvgIpc) is 1.41. The lowest BCUT2D eigenvalue weighted by molar-refractivity contribution is 0.379. The Labute approximate surface area is 92.8 Å². The van der Waals surface area contributed by atoms with E-state index in [9.17, 15) is 13.7 Å². The molecule has 0 amide bonds. The van der Waals surface area contributed by atoms with Crippen LogP contribution in [0.25, 0.3) is 0 Å². The molecule has 0 radical (unpaired) electrons. The summed E-state index contributed by atoms with van der Waals surface area (Å²) >= 11 is 0. The van der Waals surface area contributed by atoms with E-state index in [1.54, 1.807) is 0 Å². The van der Waals surface area contributed by atoms with Gasteiger partial charge in [0.25, 0.3) is 0 Å². The predicted octanol–water partition coefficient (Wildman–Crippen LogP) is -0.456. The molecule has 0 aliphatic heterocycles. The average molecular weight is 305 g/mol. The van der Waals surface area contributed by atoms with Crippen molar-refractivity contribution in [2.45, 2.75) is 0 Å². The van der Waals surface area contributed by atoms with E-state index in [0.29, 0.717) is 0 Å². The van der Waals surface area contributed by atoms with Crippen molar-refractivity contribution in [2.75, 3.05) is 20.0 Å². The van der Waals surface area contributed by atoms with Crippen molar-refractivity contribution in [3.63, 3.8) is 0 Å². The largest absolute Gasteiger partial charge is 0.344 e. The molecular weight excluding hydrogens is 287 g/mol. The SMILES string of the molecule is CP(=O)(O)O.CP(=O)(O)O.CP(=O)(O)O.N. The van der Waals surface area contributed by atoms with Crippen molar-refractivity contribution in [3.05, 3.63) is 0 Å². The number of hydrogen-bond donors (Lipinski definition) is 7. The topological polar surface area (TPSA) is 208 Å². The van der Waals surface area contributed by atoms with E-state index in [0.717, 1.165) is 20.0 Å². The molecule has 0 aromatic rings. The molecule has 0 saturated carbocycles. The van der Waals surface area contributed by atoms with Crippen LogP contribution in [0.4, 0.5) is 0 Å². The molecule has 16 heavy (non-hydrogen) atoms. The van der Waals surface area contributed by atoms with Crippen molar-refractivity contribution in [3.8, 4) is 0 Å². The molecule has 9 N–H and O–H groups in total. The van der Waals surface area contributed by atoms with Crippen LogP contribution in [-0.2, 0) is 13.7 Å². The molecule has 0 unspecified atom stereocenters. The van der Waals surface area contributed by atoms with Crippen molar-refractivity contribution in [2.24, 2.45) is 0 Å². The third-order valence-electron chi connectivity index (χ3n) is 0. The first-order valence-electron chi connectivity index (χ1n) is 3.09. The van der Waals surface area contributed by atoms with Gasteiger partial charge in [0, 0.05) is 20.0 Å². The molecule has 104 valence electrons. The molecule has 0 aliphatic carbocycles. The van der Waals surface area contributed by atoms with Crippen molar-refractivity contribution in [1.82, 2.24) is 6.15 Å². The van der Waals surface area contributed by atoms with E-state index in [1.165, 1.54) is 0 Å². The molecule has 0 atom stereocenters. The maximum atomic E-state index is 9.33. The maximum absolute atomic E-state index is 9.33. The van der Waals surface area contributed by atoms with Crippen LogP contribution in [0.15, 0.2) is 0 Å². The lowest BCUT2D eigenvalue weighted by atomic mass is 12.0. The fraction of sp³-hybridized carbons (Fsp3) is 1.00. The highest BCUT2D eigenvalue weighted by Gasteiger charge is 1.96. The fourth-order valence-electron chi connectivity index (χ4n) is 0. The lowest BCUT2D eigenvalue weighted by Gasteiger charge is -1.84. The van der Waals surface area contributed by atoms with E-state index in [1.807, 2.05) is 0 Å². The zero-order valence-corrected chi connectivity index (χ0v) is 11.6. The maximum Gasteiger partial charge on any atom is 0.322 e. The molecule has 0 bridgehead atoms. The summed E-state index contributed by atoms with van der Waals surface area (Å²) in [6.07, 6.45) is 0. The quantitative estimate of drug-likeness (QED) is 0.286. The fourth-order valence-corrected chi connectivity index (χ4v) is 0. The van der Waals surface area contributed by atoms with Gasteiger partial charge in [-0.25, -0.2) is 0 Å². The van der Waals surface area contributed by atoms with E-state index in [4.69, 9.17) is 29.4 Å². The van der Waals surface area contributed by atoms with Gasteiger partial charge in [0.05, 0.1) is 0 Å². The van der Waals surface area contributed by atoms with Crippen molar-refractivity contribution < 1.29 is 43.1 Å². The summed E-state index contributed by atoms with van der Waals surface area (Å²) < 4.78 is 28.0. The van der Waals surface area contributed by atoms with Gasteiger partial charge in [-0.05, 0) is 0 Å². The van der Waals surface area contributed by atoms with Gasteiger partial charge in [-0.15, -0.1) is 0 Å². The van der Waals surface area contributed by atoms with Crippen molar-refractivity contribution in [1.29, 1.82) is 0 Å². The van der Waals surface area contributed by atoms with Crippen molar-refractivity contribution >= 4 is 22.8 Å². The third-order valence-corrected chi connectivity index (χ3v) is 0. The summed E-state index contributed by atoms with van der Waals surface area (Å²) in [5.41, 5.74) is 0. The van der Waals surface area contributed by atoms with Crippen LogP contribution in [0.1, 0.15) is 0 Å². The Morgan fingerprint density at radius 2 is 0.562 bits per heavy atom. The summed E-state index contributed by atoms with van der Waals surface area (Å²) in [6, 6.07) is 0. The Kier molecular flexibility index (Phi) is 14.9. The second kappa shape index (κ2) is 9.44. The second-order valence-electron chi connectivity index (χ2n) is 2.51. The highest BCUT2D eigenvalue weighted by molar-refractivity contribution is 7.51. The second-order valence-corrected chi connectivity index (χ2v) is 7.52. The molecule has 0 saturated heterocycles. The highest BCUT2D eigenvalue weighted by Crippen LogP contribution is 2.27. The van der Waals surface area contributed by atoms with Crippen LogP contribution < -0.4 is 6.15 Å². The predicted molar refractivity (Wildman–Crippen MR) is 58.9 cm³/mol. The zero-order valence-electron chi connectivity index (χ0n) is 8.96. The molecule has 0 aromatic heterocycles. The van der Waals surface area contributed by atoms with E-state index < -0.39 is 22.8 Å². The Balaban J connectivity index is -0.0000000655. The smallest absolute Gasteiger partial charge is 0.322 e. The molecule has 10 nitrogen and oxygen atoms in total. The first-order valence-corrected chi connectivity index (χ1v) is 9.27. The normalized spacial score (nSPS) is 11.1. The minimum absolute atomic E-state index is 0. The molecule has 0 aliphatic rings. The van der Waals surface area contributed by atoms with E-state index >= 15 is 0 Å². The summed E-state index contributed by atoms with van der Waals surface area (Å²) in [5.74, 6) is 0. The number of rotatable bonds is 0. The first kappa shape index (κ1) is 25.3. The molecule has 0 spiro atoms. The Bertz CT molecular complexity index is 212. The van der Waals surface area contributed by atoms with Gasteiger partial charge < -0.3 is 35.5 Å². The van der Waals surface area contributed by atoms with Crippen LogP contribution in [0.3, 0.4) is 0 Å². The third kappa shape index (κ3) is 15400. The van der Waals surface area contributed by atoms with Crippen LogP contribution in [-0.4, -0.2) is 49.4 Å². The zero-order chi connectivity index (χ0) is 13.5. The Morgan fingerprint density at radius 1 is 0.562 bits per heavy atom. The van der Waals surface area contributed by atoms with E-state index in [-0.39, 0.29) is 6.15 Å². The monoisotopic (exact) mass is 305 g/mol. The van der Waals surface area contributed by atoms with Gasteiger partial charge >= 0.3 is 22.8 Å². The van der Waals surface area contributed by atoms with Gasteiger partial charge in [-0.3, -0.25) is 13.7 Å². The minimum Gasteiger partial charge on any atom is -0.344 e. The Hall–Kier alpha value is 0.410. The molecular formula is C3H18NO9P3. The number of hydrogen-bond acceptors (Lipinski definition) is 4. The van der Waals surface area contributed by atoms with Gasteiger partial charge in [0.2, 0.25) is 0 Å². The molecule has 13 heteroatoms. The van der Waals surface area contributed by atoms with Gasteiger partial charge in [-0.1, -0.05) is 0 Å². The standard InChI is InChI=1S/3CH5O3P.H3N/c3*1-5(2,3)4;/h3*1H3,(H2,2,3,4);1H3. The van der Waals surface area contributed by atoms with Gasteiger partial charge in [-0.2, -0.15) is 0 Å². The molecule has 0 heterocycles. The molecule has 0 fully saturated rings. The van der Waals surface area contributed by atoms with Gasteiger partial charge in [0.1, 0.15) is 0 Å². The van der Waals surface area contributed by atoms with Crippen LogP contribution in [0, 0.1) is 0 Å². The minimum atomic E-state index is -3.64. The lowest BCUT2D eigenvalue weighted by Crippen LogP contribution is -1.64. The molecule has 0 aromatic carbocycles.